The van der Waals surface area contributed by atoms with Crippen LogP contribution in [0.1, 0.15) is 113 Å². The van der Waals surface area contributed by atoms with E-state index >= 15 is 0 Å². The van der Waals surface area contributed by atoms with Crippen molar-refractivity contribution >= 4 is 17.5 Å². The van der Waals surface area contributed by atoms with E-state index < -0.39 is 45.7 Å². The number of nitrogens with zero attached hydrogens (tertiary/aromatic N) is 1. The monoisotopic (exact) mass is 588 g/mol. The van der Waals surface area contributed by atoms with Crippen molar-refractivity contribution in [3.05, 3.63) is 23.3 Å². The summed E-state index contributed by atoms with van der Waals surface area (Å²) in [4.78, 5) is 39.4. The number of rotatable bonds is 5. The van der Waals surface area contributed by atoms with Crippen LogP contribution in [0, 0.1) is 50.2 Å². The Morgan fingerprint density at radius 2 is 1.69 bits per heavy atom. The van der Waals surface area contributed by atoms with Gasteiger partial charge in [0, 0.05) is 22.8 Å². The fourth-order valence-corrected chi connectivity index (χ4v) is 9.55. The first kappa shape index (κ1) is 32.5. The number of hydrogen-bond acceptors (Lipinski definition) is 4. The molecule has 0 saturated heterocycles. The molecule has 0 aliphatic heterocycles. The van der Waals surface area contributed by atoms with E-state index in [-0.39, 0.29) is 34.4 Å². The third kappa shape index (κ3) is 5.28. The Bertz CT molecular complexity index is 1290. The Labute approximate surface area is 248 Å². The first-order chi connectivity index (χ1) is 19.0. The van der Waals surface area contributed by atoms with E-state index in [2.05, 4.69) is 46.0 Å². The molecule has 4 rings (SSSR count). The molecule has 1 unspecified atom stereocenters. The number of nitriles is 1. The second kappa shape index (κ2) is 10.1. The van der Waals surface area contributed by atoms with Gasteiger partial charge in [-0.25, -0.2) is 0 Å². The van der Waals surface area contributed by atoms with Gasteiger partial charge in [-0.2, -0.15) is 18.4 Å². The zero-order valence-electron chi connectivity index (χ0n) is 26.5. The molecule has 42 heavy (non-hydrogen) atoms. The summed E-state index contributed by atoms with van der Waals surface area (Å²) in [5, 5.41) is 12.7. The Morgan fingerprint density at radius 1 is 1.05 bits per heavy atom. The van der Waals surface area contributed by atoms with Crippen molar-refractivity contribution in [2.45, 2.75) is 125 Å². The van der Waals surface area contributed by atoms with Crippen LogP contribution < -0.4 is 5.32 Å². The van der Waals surface area contributed by atoms with Crippen LogP contribution in [0.25, 0.3) is 0 Å². The van der Waals surface area contributed by atoms with Crippen molar-refractivity contribution in [1.82, 2.24) is 5.32 Å². The minimum Gasteiger partial charge on any atom is -0.350 e. The standard InChI is InChI=1S/C34H47F3N2O3/c1-21-16-28(2,3)11-13-33(21,39-26(41)19-34(35,36)37)14-12-30(6)18-23(40)15-25-31(7)17-22(20-38)27(42)29(4,5)24(31)9-10-32(25,30)8/h15,17,21,24H,9-14,16,18-19H2,1-8H3,(H,39,41)/t21?,24-,30+,31-,32+,33-/m0/s1. The second-order valence-corrected chi connectivity index (χ2v) is 16.0. The number of allylic oxidation sites excluding steroid dienone is 4. The first-order valence-electron chi connectivity index (χ1n) is 15.4. The highest BCUT2D eigenvalue weighted by Crippen LogP contribution is 2.69. The summed E-state index contributed by atoms with van der Waals surface area (Å²) in [7, 11) is 0. The van der Waals surface area contributed by atoms with Crippen molar-refractivity contribution in [3.63, 3.8) is 0 Å². The Kier molecular flexibility index (Phi) is 7.78. The van der Waals surface area contributed by atoms with Crippen LogP contribution in [0.3, 0.4) is 0 Å². The molecule has 0 bridgehead atoms. The number of Topliss-reactive ketones (excluding diaryl/α,β-unsaturated/α-hetero) is 1. The van der Waals surface area contributed by atoms with Gasteiger partial charge in [0.2, 0.25) is 5.91 Å². The Hall–Kier alpha value is -2.43. The lowest BCUT2D eigenvalue weighted by Gasteiger charge is -2.63. The topological polar surface area (TPSA) is 87.0 Å². The quantitative estimate of drug-likeness (QED) is 0.355. The number of fused-ring (bicyclic) bond motifs is 3. The highest BCUT2D eigenvalue weighted by Gasteiger charge is 2.63. The molecule has 6 atom stereocenters. The minimum absolute atomic E-state index is 0.0125. The first-order valence-corrected chi connectivity index (χ1v) is 15.4. The maximum atomic E-state index is 13.5. The van der Waals surface area contributed by atoms with Crippen LogP contribution in [-0.4, -0.2) is 29.2 Å². The lowest BCUT2D eigenvalue weighted by molar-refractivity contribution is -0.156. The molecule has 0 aromatic carbocycles. The smallest absolute Gasteiger partial charge is 0.350 e. The molecule has 0 radical (unpaired) electrons. The molecule has 4 aliphatic rings. The van der Waals surface area contributed by atoms with Crippen LogP contribution in [0.15, 0.2) is 23.3 Å². The maximum absolute atomic E-state index is 13.5. The van der Waals surface area contributed by atoms with Gasteiger partial charge < -0.3 is 5.32 Å². The summed E-state index contributed by atoms with van der Waals surface area (Å²) in [6.07, 6.45) is 2.43. The average molecular weight is 589 g/mol. The molecular weight excluding hydrogens is 541 g/mol. The van der Waals surface area contributed by atoms with E-state index in [4.69, 9.17) is 0 Å². The van der Waals surface area contributed by atoms with E-state index in [9.17, 15) is 32.8 Å². The lowest BCUT2D eigenvalue weighted by Crippen LogP contribution is -2.60. The highest BCUT2D eigenvalue weighted by atomic mass is 19.4. The normalized spacial score (nSPS) is 39.3. The predicted molar refractivity (Wildman–Crippen MR) is 155 cm³/mol. The van der Waals surface area contributed by atoms with Crippen molar-refractivity contribution in [2.24, 2.45) is 38.9 Å². The van der Waals surface area contributed by atoms with E-state index in [0.717, 1.165) is 31.3 Å². The molecule has 2 fully saturated rings. The summed E-state index contributed by atoms with van der Waals surface area (Å²) in [6, 6.07) is 2.11. The van der Waals surface area contributed by atoms with Crippen LogP contribution in [0.2, 0.25) is 0 Å². The van der Waals surface area contributed by atoms with Gasteiger partial charge in [-0.3, -0.25) is 14.4 Å². The van der Waals surface area contributed by atoms with Crippen LogP contribution >= 0.6 is 0 Å². The van der Waals surface area contributed by atoms with Crippen molar-refractivity contribution < 1.29 is 27.6 Å². The maximum Gasteiger partial charge on any atom is 0.397 e. The van der Waals surface area contributed by atoms with Gasteiger partial charge in [0.05, 0.1) is 5.57 Å². The summed E-state index contributed by atoms with van der Waals surface area (Å²) >= 11 is 0. The largest absolute Gasteiger partial charge is 0.397 e. The minimum atomic E-state index is -4.59. The summed E-state index contributed by atoms with van der Waals surface area (Å²) < 4.78 is 39.5. The SMILES string of the molecule is CC1CC(C)(C)CC[C@@]1(CC[C@]1(C)CC(=O)C=C2[C@@]3(C)C=C(C#N)C(=O)C(C)(C)[C@@H]3CC[C@]21C)NC(=O)CC(F)(F)F. The molecule has 2 saturated carbocycles. The number of hydrogen-bond donors (Lipinski definition) is 1. The summed E-state index contributed by atoms with van der Waals surface area (Å²) in [6.45, 7) is 16.5. The number of halogens is 3. The fourth-order valence-electron chi connectivity index (χ4n) is 9.55. The predicted octanol–water partition coefficient (Wildman–Crippen LogP) is 7.81. The zero-order valence-corrected chi connectivity index (χ0v) is 26.5. The Balaban J connectivity index is 1.72. The number of nitrogens with one attached hydrogen (secondary N) is 1. The molecule has 5 nitrogen and oxygen atoms in total. The fraction of sp³-hybridized carbons (Fsp3) is 0.765. The van der Waals surface area contributed by atoms with Crippen LogP contribution in [0.4, 0.5) is 13.2 Å². The van der Waals surface area contributed by atoms with Crippen LogP contribution in [0.5, 0.6) is 0 Å². The third-order valence-corrected chi connectivity index (χ3v) is 12.2. The van der Waals surface area contributed by atoms with Gasteiger partial charge in [-0.05, 0) is 79.1 Å². The lowest BCUT2D eigenvalue weighted by atomic mass is 9.40. The molecular formula is C34H47F3N2O3. The van der Waals surface area contributed by atoms with E-state index in [1.54, 1.807) is 12.2 Å². The van der Waals surface area contributed by atoms with Gasteiger partial charge in [-0.1, -0.05) is 67.0 Å². The van der Waals surface area contributed by atoms with Crippen molar-refractivity contribution in [2.75, 3.05) is 0 Å². The summed E-state index contributed by atoms with van der Waals surface area (Å²) in [5.41, 5.74) is -2.07. The average Bonchev–Trinajstić information content (AvgIpc) is 2.83. The van der Waals surface area contributed by atoms with Crippen molar-refractivity contribution in [3.8, 4) is 6.07 Å². The van der Waals surface area contributed by atoms with E-state index in [1.165, 1.54) is 0 Å². The third-order valence-electron chi connectivity index (χ3n) is 12.2. The van der Waals surface area contributed by atoms with Gasteiger partial charge >= 0.3 is 6.18 Å². The zero-order chi connectivity index (χ0) is 31.7. The molecule has 4 aliphatic carbocycles. The number of ketones is 2. The molecule has 1 N–H and O–H groups in total. The van der Waals surface area contributed by atoms with Gasteiger partial charge in [0.1, 0.15) is 12.5 Å². The molecule has 8 heteroatoms. The van der Waals surface area contributed by atoms with Gasteiger partial charge in [-0.15, -0.1) is 0 Å². The Morgan fingerprint density at radius 3 is 2.26 bits per heavy atom. The molecule has 1 amide bonds. The van der Waals surface area contributed by atoms with Gasteiger partial charge in [0.15, 0.2) is 11.6 Å². The summed E-state index contributed by atoms with van der Waals surface area (Å²) in [5.74, 6) is -1.28. The number of alkyl halides is 3. The number of amides is 1. The van der Waals surface area contributed by atoms with Gasteiger partial charge in [0.25, 0.3) is 0 Å². The molecule has 0 aromatic rings. The van der Waals surface area contributed by atoms with E-state index in [0.29, 0.717) is 25.7 Å². The second-order valence-electron chi connectivity index (χ2n) is 16.0. The van der Waals surface area contributed by atoms with Crippen molar-refractivity contribution in [1.29, 1.82) is 5.26 Å². The number of carbonyl (C=O) groups is 3. The molecule has 0 spiro atoms. The number of carbonyl (C=O) groups excluding carboxylic acids is 3. The van der Waals surface area contributed by atoms with Crippen LogP contribution in [-0.2, 0) is 14.4 Å². The molecule has 232 valence electrons. The molecule has 0 heterocycles. The molecule has 0 aromatic heterocycles. The highest BCUT2D eigenvalue weighted by molar-refractivity contribution is 6.04. The van der Waals surface area contributed by atoms with E-state index in [1.807, 2.05) is 20.8 Å².